The molecule has 0 saturated carbocycles. The minimum atomic E-state index is 0.000403. The first-order valence-corrected chi connectivity index (χ1v) is 7.15. The maximum Gasteiger partial charge on any atom is 0.214 e. The zero-order chi connectivity index (χ0) is 13.3. The second-order valence-corrected chi connectivity index (χ2v) is 5.58. The summed E-state index contributed by atoms with van der Waals surface area (Å²) in [6, 6.07) is 0. The first-order valence-electron chi connectivity index (χ1n) is 5.18. The molecule has 0 spiro atoms. The summed E-state index contributed by atoms with van der Waals surface area (Å²) in [5.74, 6) is 1.23. The van der Waals surface area contributed by atoms with Crippen LogP contribution in [0.1, 0.15) is 13.8 Å². The molecule has 5 heteroatoms. The van der Waals surface area contributed by atoms with E-state index in [9.17, 15) is 9.59 Å². The summed E-state index contributed by atoms with van der Waals surface area (Å²) < 4.78 is 5.29. The SMILES string of the molecule is C=C(C)C(=O)SCCOCCSC(=O)C(=C)C. The lowest BCUT2D eigenvalue weighted by Gasteiger charge is -2.03. The van der Waals surface area contributed by atoms with E-state index in [0.717, 1.165) is 0 Å². The lowest BCUT2D eigenvalue weighted by Crippen LogP contribution is -2.05. The van der Waals surface area contributed by atoms with Gasteiger partial charge in [0.15, 0.2) is 0 Å². The van der Waals surface area contributed by atoms with Crippen molar-refractivity contribution < 1.29 is 14.3 Å². The molecule has 0 aliphatic rings. The van der Waals surface area contributed by atoms with Gasteiger partial charge in [0.2, 0.25) is 10.2 Å². The van der Waals surface area contributed by atoms with Crippen molar-refractivity contribution in [2.24, 2.45) is 0 Å². The molecule has 0 unspecified atom stereocenters. The van der Waals surface area contributed by atoms with Crippen LogP contribution in [0.2, 0.25) is 0 Å². The molecule has 0 aromatic heterocycles. The van der Waals surface area contributed by atoms with Crippen molar-refractivity contribution in [2.45, 2.75) is 13.8 Å². The van der Waals surface area contributed by atoms with Gasteiger partial charge in [-0.2, -0.15) is 0 Å². The molecular weight excluding hydrogens is 256 g/mol. The molecule has 0 atom stereocenters. The second-order valence-electron chi connectivity index (χ2n) is 3.44. The van der Waals surface area contributed by atoms with Crippen LogP contribution in [0.4, 0.5) is 0 Å². The summed E-state index contributed by atoms with van der Waals surface area (Å²) in [6.07, 6.45) is 0. The minimum absolute atomic E-state index is 0.000403. The van der Waals surface area contributed by atoms with Gasteiger partial charge in [-0.1, -0.05) is 36.7 Å². The highest BCUT2D eigenvalue weighted by Gasteiger charge is 2.04. The molecule has 0 aromatic rings. The molecule has 17 heavy (non-hydrogen) atoms. The maximum absolute atomic E-state index is 11.1. The van der Waals surface area contributed by atoms with Crippen LogP contribution in [-0.4, -0.2) is 35.0 Å². The molecule has 0 fully saturated rings. The molecule has 0 radical (unpaired) electrons. The molecule has 0 saturated heterocycles. The van der Waals surface area contributed by atoms with Gasteiger partial charge in [0, 0.05) is 11.5 Å². The van der Waals surface area contributed by atoms with E-state index >= 15 is 0 Å². The summed E-state index contributed by atoms with van der Waals surface area (Å²) in [7, 11) is 0. The van der Waals surface area contributed by atoms with Crippen molar-refractivity contribution in [1.82, 2.24) is 0 Å². The van der Waals surface area contributed by atoms with E-state index < -0.39 is 0 Å². The van der Waals surface area contributed by atoms with Gasteiger partial charge in [0.05, 0.1) is 13.2 Å². The standard InChI is InChI=1S/C12H18O3S2/c1-9(2)11(13)16-7-5-15-6-8-17-12(14)10(3)4/h1,3,5-8H2,2,4H3. The Morgan fingerprint density at radius 2 is 1.29 bits per heavy atom. The van der Waals surface area contributed by atoms with Crippen LogP contribution in [0, 0.1) is 0 Å². The third kappa shape index (κ3) is 9.21. The number of hydrogen-bond acceptors (Lipinski definition) is 5. The molecular formula is C12H18O3S2. The molecule has 96 valence electrons. The first kappa shape index (κ1) is 16.5. The maximum atomic E-state index is 11.1. The summed E-state index contributed by atoms with van der Waals surface area (Å²) in [5.41, 5.74) is 1.11. The van der Waals surface area contributed by atoms with E-state index in [4.69, 9.17) is 4.74 Å². The average molecular weight is 274 g/mol. The number of thioether (sulfide) groups is 2. The third-order valence-corrected chi connectivity index (χ3v) is 3.58. The Morgan fingerprint density at radius 1 is 0.941 bits per heavy atom. The van der Waals surface area contributed by atoms with Gasteiger partial charge in [-0.05, 0) is 25.0 Å². The molecule has 0 amide bonds. The number of carbonyl (C=O) groups excluding carboxylic acids is 2. The fraction of sp³-hybridized carbons (Fsp3) is 0.500. The molecule has 0 aliphatic carbocycles. The molecule has 0 heterocycles. The summed E-state index contributed by atoms with van der Waals surface area (Å²) in [6.45, 7) is 11.5. The molecule has 0 aliphatic heterocycles. The first-order chi connectivity index (χ1) is 7.95. The number of hydrogen-bond donors (Lipinski definition) is 0. The van der Waals surface area contributed by atoms with E-state index in [0.29, 0.717) is 35.9 Å². The smallest absolute Gasteiger partial charge is 0.214 e. The van der Waals surface area contributed by atoms with Gasteiger partial charge < -0.3 is 4.74 Å². The lowest BCUT2D eigenvalue weighted by atomic mass is 10.4. The molecule has 3 nitrogen and oxygen atoms in total. The van der Waals surface area contributed by atoms with E-state index in [-0.39, 0.29) is 10.2 Å². The van der Waals surface area contributed by atoms with Gasteiger partial charge >= 0.3 is 0 Å². The zero-order valence-electron chi connectivity index (χ0n) is 10.3. The quantitative estimate of drug-likeness (QED) is 0.503. The van der Waals surface area contributed by atoms with Crippen LogP contribution in [0.3, 0.4) is 0 Å². The van der Waals surface area contributed by atoms with Crippen molar-refractivity contribution in [3.8, 4) is 0 Å². The fourth-order valence-electron chi connectivity index (χ4n) is 0.735. The van der Waals surface area contributed by atoms with Gasteiger partial charge in [-0.15, -0.1) is 0 Å². The highest BCUT2D eigenvalue weighted by atomic mass is 32.2. The van der Waals surface area contributed by atoms with Crippen LogP contribution in [0.15, 0.2) is 24.3 Å². The Kier molecular flexibility index (Phi) is 9.21. The topological polar surface area (TPSA) is 43.4 Å². The third-order valence-electron chi connectivity index (χ3n) is 1.62. The summed E-state index contributed by atoms with van der Waals surface area (Å²) in [4.78, 5) is 22.3. The Morgan fingerprint density at radius 3 is 1.59 bits per heavy atom. The molecule has 0 aromatic carbocycles. The lowest BCUT2D eigenvalue weighted by molar-refractivity contribution is -0.108. The van der Waals surface area contributed by atoms with Crippen molar-refractivity contribution in [3.05, 3.63) is 24.3 Å². The summed E-state index contributed by atoms with van der Waals surface area (Å²) >= 11 is 2.40. The van der Waals surface area contributed by atoms with Crippen LogP contribution in [-0.2, 0) is 14.3 Å². The predicted octanol–water partition coefficient (Wildman–Crippen LogP) is 2.67. The Balaban J connectivity index is 3.36. The van der Waals surface area contributed by atoms with Gasteiger partial charge in [-0.25, -0.2) is 0 Å². The molecule has 0 bridgehead atoms. The van der Waals surface area contributed by atoms with E-state index in [1.54, 1.807) is 13.8 Å². The Bertz CT molecular complexity index is 281. The van der Waals surface area contributed by atoms with E-state index in [2.05, 4.69) is 13.2 Å². The van der Waals surface area contributed by atoms with Crippen LogP contribution in [0.5, 0.6) is 0 Å². The van der Waals surface area contributed by atoms with Crippen molar-refractivity contribution in [3.63, 3.8) is 0 Å². The molecule has 0 rings (SSSR count). The van der Waals surface area contributed by atoms with Crippen LogP contribution in [0.25, 0.3) is 0 Å². The average Bonchev–Trinajstić information content (AvgIpc) is 2.26. The number of rotatable bonds is 8. The Hall–Kier alpha value is -0.520. The van der Waals surface area contributed by atoms with Crippen molar-refractivity contribution in [1.29, 1.82) is 0 Å². The predicted molar refractivity (Wildman–Crippen MR) is 75.4 cm³/mol. The highest BCUT2D eigenvalue weighted by molar-refractivity contribution is 8.14. The van der Waals surface area contributed by atoms with Gasteiger partial charge in [0.1, 0.15) is 0 Å². The zero-order valence-corrected chi connectivity index (χ0v) is 11.9. The fourth-order valence-corrected chi connectivity index (χ4v) is 2.00. The van der Waals surface area contributed by atoms with E-state index in [1.165, 1.54) is 23.5 Å². The summed E-state index contributed by atoms with van der Waals surface area (Å²) in [5, 5.41) is 0.000805. The monoisotopic (exact) mass is 274 g/mol. The molecule has 0 N–H and O–H groups in total. The Labute approximate surface area is 111 Å². The highest BCUT2D eigenvalue weighted by Crippen LogP contribution is 2.09. The van der Waals surface area contributed by atoms with Crippen molar-refractivity contribution >= 4 is 33.8 Å². The number of carbonyl (C=O) groups is 2. The van der Waals surface area contributed by atoms with Crippen LogP contribution < -0.4 is 0 Å². The van der Waals surface area contributed by atoms with E-state index in [1.807, 2.05) is 0 Å². The normalized spacial score (nSPS) is 10.0. The van der Waals surface area contributed by atoms with Crippen LogP contribution >= 0.6 is 23.5 Å². The van der Waals surface area contributed by atoms with Crippen molar-refractivity contribution in [2.75, 3.05) is 24.7 Å². The van der Waals surface area contributed by atoms with Gasteiger partial charge in [-0.3, -0.25) is 9.59 Å². The number of ether oxygens (including phenoxy) is 1. The second kappa shape index (κ2) is 9.50. The minimum Gasteiger partial charge on any atom is -0.380 e. The largest absolute Gasteiger partial charge is 0.380 e. The van der Waals surface area contributed by atoms with Gasteiger partial charge in [0.25, 0.3) is 0 Å².